The number of benzene rings is 1. The van der Waals surface area contributed by atoms with E-state index in [1.54, 1.807) is 36.7 Å². The largest absolute Gasteiger partial charge is 0.480 e. The van der Waals surface area contributed by atoms with E-state index >= 15 is 0 Å². The van der Waals surface area contributed by atoms with Gasteiger partial charge in [0.25, 0.3) is 0 Å². The number of hydrogen-bond acceptors (Lipinski definition) is 3. The Kier molecular flexibility index (Phi) is 4.08. The first kappa shape index (κ1) is 15.2. The van der Waals surface area contributed by atoms with Crippen molar-refractivity contribution < 1.29 is 14.3 Å². The monoisotopic (exact) mass is 331 g/mol. The summed E-state index contributed by atoms with van der Waals surface area (Å²) in [7, 11) is 0. The van der Waals surface area contributed by atoms with Gasteiger partial charge in [-0.2, -0.15) is 0 Å². The van der Waals surface area contributed by atoms with Crippen LogP contribution in [0.2, 0.25) is 5.28 Å². The van der Waals surface area contributed by atoms with Crippen LogP contribution < -0.4 is 0 Å². The molecule has 0 saturated carbocycles. The Hall–Kier alpha value is -2.73. The van der Waals surface area contributed by atoms with Crippen LogP contribution in [0.25, 0.3) is 22.5 Å². The molecule has 5 nitrogen and oxygen atoms in total. The molecule has 0 aliphatic heterocycles. The normalized spacial score (nSPS) is 10.7. The maximum absolute atomic E-state index is 13.1. The molecule has 0 atom stereocenters. The minimum Gasteiger partial charge on any atom is -0.480 e. The van der Waals surface area contributed by atoms with Gasteiger partial charge in [0.05, 0.1) is 11.4 Å². The van der Waals surface area contributed by atoms with Gasteiger partial charge in [-0.25, -0.2) is 9.37 Å². The fourth-order valence-electron chi connectivity index (χ4n) is 2.32. The molecule has 0 amide bonds. The van der Waals surface area contributed by atoms with Crippen molar-refractivity contribution in [1.82, 2.24) is 14.5 Å². The fraction of sp³-hybridized carbons (Fsp3) is 0.0625. The molecule has 7 heteroatoms. The van der Waals surface area contributed by atoms with Gasteiger partial charge in [-0.1, -0.05) is 0 Å². The summed E-state index contributed by atoms with van der Waals surface area (Å²) in [6, 6.07) is 9.25. The number of rotatable bonds is 4. The Balaban J connectivity index is 2.23. The van der Waals surface area contributed by atoms with E-state index in [4.69, 9.17) is 16.7 Å². The number of nitrogens with zero attached hydrogens (tertiary/aromatic N) is 3. The van der Waals surface area contributed by atoms with Crippen LogP contribution in [0, 0.1) is 5.82 Å². The molecule has 1 N–H and O–H groups in total. The molecule has 3 aromatic rings. The first-order valence-corrected chi connectivity index (χ1v) is 7.08. The van der Waals surface area contributed by atoms with Crippen molar-refractivity contribution >= 4 is 17.6 Å². The van der Waals surface area contributed by atoms with Gasteiger partial charge in [-0.15, -0.1) is 0 Å². The molecule has 0 fully saturated rings. The molecule has 2 heterocycles. The van der Waals surface area contributed by atoms with Crippen LogP contribution in [-0.2, 0) is 11.3 Å². The van der Waals surface area contributed by atoms with Gasteiger partial charge in [0.15, 0.2) is 0 Å². The number of carbonyl (C=O) groups is 1. The molecule has 0 spiro atoms. The van der Waals surface area contributed by atoms with Gasteiger partial charge < -0.3 is 9.67 Å². The lowest BCUT2D eigenvalue weighted by Gasteiger charge is -2.09. The number of carboxylic acid groups (broad SMARTS) is 1. The summed E-state index contributed by atoms with van der Waals surface area (Å²) in [4.78, 5) is 19.3. The number of carboxylic acids is 1. The van der Waals surface area contributed by atoms with E-state index in [0.717, 1.165) is 5.56 Å². The third-order valence-electron chi connectivity index (χ3n) is 3.29. The van der Waals surface area contributed by atoms with Crippen LogP contribution in [0.4, 0.5) is 4.39 Å². The molecule has 23 heavy (non-hydrogen) atoms. The Morgan fingerprint density at radius 2 is 1.78 bits per heavy atom. The zero-order valence-corrected chi connectivity index (χ0v) is 12.5. The van der Waals surface area contributed by atoms with E-state index < -0.39 is 5.97 Å². The molecule has 0 aliphatic rings. The van der Waals surface area contributed by atoms with Crippen molar-refractivity contribution in [2.75, 3.05) is 0 Å². The minimum absolute atomic E-state index is 0.0542. The summed E-state index contributed by atoms with van der Waals surface area (Å²) in [6.45, 7) is -0.329. The second kappa shape index (κ2) is 6.18. The molecule has 0 unspecified atom stereocenters. The van der Waals surface area contributed by atoms with E-state index in [9.17, 15) is 9.18 Å². The van der Waals surface area contributed by atoms with Gasteiger partial charge in [0.2, 0.25) is 5.28 Å². The van der Waals surface area contributed by atoms with E-state index in [1.807, 2.05) is 0 Å². The number of pyridine rings is 1. The molecular weight excluding hydrogens is 321 g/mol. The SMILES string of the molecule is O=C(O)Cn1c(Cl)nc(-c2ccc(F)cc2)c1-c1ccncc1. The Morgan fingerprint density at radius 3 is 2.39 bits per heavy atom. The predicted molar refractivity (Wildman–Crippen MR) is 83.5 cm³/mol. The van der Waals surface area contributed by atoms with Gasteiger partial charge in [-0.05, 0) is 48.0 Å². The van der Waals surface area contributed by atoms with Crippen LogP contribution in [0.15, 0.2) is 48.8 Å². The minimum atomic E-state index is -1.04. The highest BCUT2D eigenvalue weighted by Gasteiger charge is 2.20. The molecular formula is C16H11ClFN3O2. The lowest BCUT2D eigenvalue weighted by atomic mass is 10.1. The predicted octanol–water partition coefficient (Wildman–Crippen LogP) is 3.49. The average molecular weight is 332 g/mol. The fourth-order valence-corrected chi connectivity index (χ4v) is 2.55. The third kappa shape index (κ3) is 3.07. The Bertz CT molecular complexity index is 848. The number of aliphatic carboxylic acids is 1. The molecule has 116 valence electrons. The quantitative estimate of drug-likeness (QED) is 0.794. The number of halogens is 2. The highest BCUT2D eigenvalue weighted by Crippen LogP contribution is 2.34. The second-order valence-electron chi connectivity index (χ2n) is 4.80. The van der Waals surface area contributed by atoms with Gasteiger partial charge in [0, 0.05) is 23.5 Å². The summed E-state index contributed by atoms with van der Waals surface area (Å²) >= 11 is 6.12. The average Bonchev–Trinajstić information content (AvgIpc) is 2.85. The third-order valence-corrected chi connectivity index (χ3v) is 3.57. The van der Waals surface area contributed by atoms with Crippen molar-refractivity contribution in [3.63, 3.8) is 0 Å². The summed E-state index contributed by atoms with van der Waals surface area (Å²) in [6.07, 6.45) is 3.19. The van der Waals surface area contributed by atoms with Crippen molar-refractivity contribution in [3.05, 3.63) is 59.9 Å². The zero-order chi connectivity index (χ0) is 16.4. The Labute approximate surface area is 136 Å². The summed E-state index contributed by atoms with van der Waals surface area (Å²) in [5.41, 5.74) is 2.40. The smallest absolute Gasteiger partial charge is 0.323 e. The van der Waals surface area contributed by atoms with Crippen LogP contribution in [0.5, 0.6) is 0 Å². The molecule has 0 aliphatic carbocycles. The van der Waals surface area contributed by atoms with E-state index in [0.29, 0.717) is 17.0 Å². The molecule has 0 saturated heterocycles. The van der Waals surface area contributed by atoms with Gasteiger partial charge >= 0.3 is 5.97 Å². The van der Waals surface area contributed by atoms with E-state index in [2.05, 4.69) is 9.97 Å². The molecule has 3 rings (SSSR count). The van der Waals surface area contributed by atoms with E-state index in [1.165, 1.54) is 16.7 Å². The molecule has 2 aromatic heterocycles. The maximum Gasteiger partial charge on any atom is 0.323 e. The molecule has 0 radical (unpaired) electrons. The second-order valence-corrected chi connectivity index (χ2v) is 5.14. The molecule has 1 aromatic carbocycles. The van der Waals surface area contributed by atoms with E-state index in [-0.39, 0.29) is 17.6 Å². The number of hydrogen-bond donors (Lipinski definition) is 1. The van der Waals surface area contributed by atoms with Crippen molar-refractivity contribution in [2.45, 2.75) is 6.54 Å². The highest BCUT2D eigenvalue weighted by atomic mass is 35.5. The van der Waals surface area contributed by atoms with Crippen LogP contribution >= 0.6 is 11.6 Å². The van der Waals surface area contributed by atoms with Crippen molar-refractivity contribution in [1.29, 1.82) is 0 Å². The summed E-state index contributed by atoms with van der Waals surface area (Å²) < 4.78 is 14.5. The first-order valence-electron chi connectivity index (χ1n) is 6.70. The summed E-state index contributed by atoms with van der Waals surface area (Å²) in [5.74, 6) is -1.40. The lowest BCUT2D eigenvalue weighted by Crippen LogP contribution is -2.10. The van der Waals surface area contributed by atoms with Crippen molar-refractivity contribution in [3.8, 4) is 22.5 Å². The summed E-state index contributed by atoms with van der Waals surface area (Å²) in [5, 5.41) is 9.16. The number of aromatic nitrogens is 3. The van der Waals surface area contributed by atoms with Gasteiger partial charge in [0.1, 0.15) is 12.4 Å². The highest BCUT2D eigenvalue weighted by molar-refractivity contribution is 6.29. The number of imidazole rings is 1. The molecule has 0 bridgehead atoms. The lowest BCUT2D eigenvalue weighted by molar-refractivity contribution is -0.137. The Morgan fingerprint density at radius 1 is 1.13 bits per heavy atom. The first-order chi connectivity index (χ1) is 11.1. The van der Waals surface area contributed by atoms with Crippen molar-refractivity contribution in [2.24, 2.45) is 0 Å². The zero-order valence-electron chi connectivity index (χ0n) is 11.8. The van der Waals surface area contributed by atoms with Crippen LogP contribution in [0.1, 0.15) is 0 Å². The topological polar surface area (TPSA) is 68.0 Å². The standard InChI is InChI=1S/C16H11ClFN3O2/c17-16-20-14(10-1-3-12(18)4-2-10)15(21(16)9-13(22)23)11-5-7-19-8-6-11/h1-8H,9H2,(H,22,23). The van der Waals surface area contributed by atoms with Crippen LogP contribution in [0.3, 0.4) is 0 Å². The maximum atomic E-state index is 13.1. The van der Waals surface area contributed by atoms with Crippen LogP contribution in [-0.4, -0.2) is 25.6 Å². The van der Waals surface area contributed by atoms with Gasteiger partial charge in [-0.3, -0.25) is 9.78 Å².